The molecule has 2 saturated heterocycles. The molecular formula is C23H41B2N5O5. The van der Waals surface area contributed by atoms with Crippen molar-refractivity contribution in [2.45, 2.75) is 72.3 Å². The summed E-state index contributed by atoms with van der Waals surface area (Å²) >= 11 is 0. The molecule has 10 nitrogen and oxygen atoms in total. The first-order chi connectivity index (χ1) is 16.5. The number of hydrogen-bond acceptors (Lipinski definition) is 8. The molecule has 0 aromatic carbocycles. The molecule has 2 aliphatic heterocycles. The molecule has 194 valence electrons. The van der Waals surface area contributed by atoms with E-state index in [2.05, 4.69) is 56.6 Å². The highest BCUT2D eigenvalue weighted by Crippen LogP contribution is 2.36. The molecule has 0 aliphatic carbocycles. The molecule has 0 saturated carbocycles. The number of hydrogen-bond donors (Lipinski definition) is 2. The zero-order chi connectivity index (χ0) is 25.6. The first-order valence-electron chi connectivity index (χ1n) is 12.6. The summed E-state index contributed by atoms with van der Waals surface area (Å²) in [5, 5.41) is 26.3. The van der Waals surface area contributed by atoms with Crippen LogP contribution in [0.3, 0.4) is 0 Å². The van der Waals surface area contributed by atoms with Crippen LogP contribution in [0, 0.1) is 5.92 Å². The molecule has 35 heavy (non-hydrogen) atoms. The lowest BCUT2D eigenvalue weighted by Gasteiger charge is -2.32. The molecule has 2 aromatic heterocycles. The van der Waals surface area contributed by atoms with Crippen LogP contribution < -0.4 is 10.9 Å². The lowest BCUT2D eigenvalue weighted by atomic mass is 9.82. The molecule has 2 fully saturated rings. The van der Waals surface area contributed by atoms with Crippen LogP contribution in [0.5, 0.6) is 0 Å². The van der Waals surface area contributed by atoms with Crippen molar-refractivity contribution in [2.24, 2.45) is 5.92 Å². The Bertz CT molecular complexity index is 898. The lowest BCUT2D eigenvalue weighted by molar-refractivity contribution is 0.00578. The molecule has 2 aromatic rings. The fraction of sp³-hybridized carbons (Fsp3) is 0.739. The van der Waals surface area contributed by atoms with Crippen LogP contribution in [-0.4, -0.2) is 92.8 Å². The average Bonchev–Trinajstić information content (AvgIpc) is 3.52. The zero-order valence-corrected chi connectivity index (χ0v) is 22.1. The number of morpholine rings is 1. The Labute approximate surface area is 209 Å². The van der Waals surface area contributed by atoms with Crippen molar-refractivity contribution < 1.29 is 24.1 Å². The summed E-state index contributed by atoms with van der Waals surface area (Å²) in [5.41, 5.74) is 0.844. The largest absolute Gasteiger partial charge is 0.498 e. The van der Waals surface area contributed by atoms with Gasteiger partial charge in [0.15, 0.2) is 0 Å². The van der Waals surface area contributed by atoms with Gasteiger partial charge in [-0.3, -0.25) is 14.3 Å². The summed E-state index contributed by atoms with van der Waals surface area (Å²) in [6.07, 6.45) is 8.18. The van der Waals surface area contributed by atoms with E-state index in [1.807, 2.05) is 17.1 Å². The third-order valence-corrected chi connectivity index (χ3v) is 7.07. The maximum atomic E-state index is 8.93. The van der Waals surface area contributed by atoms with E-state index in [-0.39, 0.29) is 18.3 Å². The predicted molar refractivity (Wildman–Crippen MR) is 137 cm³/mol. The fourth-order valence-corrected chi connectivity index (χ4v) is 3.73. The highest BCUT2D eigenvalue weighted by molar-refractivity contribution is 6.62. The number of nitrogens with zero attached hydrogens (tertiary/aromatic N) is 5. The SMILES string of the molecule is CCC(C)Cn1cc(B2OC(C)(C)C(C)(C)O2)cn1.OB(O)c1cnn(CCN2CCOCC2)c1. The molecule has 1 unspecified atom stereocenters. The van der Waals surface area contributed by atoms with Gasteiger partial charge in [0.2, 0.25) is 0 Å². The molecule has 0 spiro atoms. The minimum Gasteiger partial charge on any atom is -0.423 e. The Kier molecular flexibility index (Phi) is 9.59. The summed E-state index contributed by atoms with van der Waals surface area (Å²) in [4.78, 5) is 2.31. The van der Waals surface area contributed by atoms with Gasteiger partial charge in [0.1, 0.15) is 0 Å². The van der Waals surface area contributed by atoms with Gasteiger partial charge in [0.05, 0.1) is 31.0 Å². The summed E-state index contributed by atoms with van der Waals surface area (Å²) in [6.45, 7) is 18.8. The summed E-state index contributed by atoms with van der Waals surface area (Å²) in [6, 6.07) is 0. The van der Waals surface area contributed by atoms with E-state index in [1.165, 1.54) is 6.20 Å². The van der Waals surface area contributed by atoms with Crippen molar-refractivity contribution in [3.63, 3.8) is 0 Å². The van der Waals surface area contributed by atoms with Gasteiger partial charge in [-0.25, -0.2) is 0 Å². The van der Waals surface area contributed by atoms with E-state index in [0.717, 1.165) is 57.8 Å². The molecule has 2 N–H and O–H groups in total. The molecule has 12 heteroatoms. The van der Waals surface area contributed by atoms with E-state index in [4.69, 9.17) is 24.1 Å². The smallest absolute Gasteiger partial charge is 0.423 e. The van der Waals surface area contributed by atoms with Crippen LogP contribution in [0.4, 0.5) is 0 Å². The van der Waals surface area contributed by atoms with Crippen molar-refractivity contribution in [2.75, 3.05) is 32.8 Å². The van der Waals surface area contributed by atoms with Crippen molar-refractivity contribution in [1.29, 1.82) is 0 Å². The standard InChI is InChI=1S/C14H25BN2O2.C9H16BN3O3/c1-7-11(2)9-17-10-12(8-16-17)15-18-13(3,4)14(5,6)19-15;14-10(15)9-7-11-13(8-9)2-1-12-3-5-16-6-4-12/h8,10-11H,7,9H2,1-6H3;7-8,14-15H,1-6H2. The van der Waals surface area contributed by atoms with Crippen LogP contribution >= 0.6 is 0 Å². The third-order valence-electron chi connectivity index (χ3n) is 7.07. The van der Waals surface area contributed by atoms with Crippen LogP contribution in [0.1, 0.15) is 48.0 Å². The van der Waals surface area contributed by atoms with Crippen LogP contribution in [0.25, 0.3) is 0 Å². The van der Waals surface area contributed by atoms with Gasteiger partial charge >= 0.3 is 14.2 Å². The normalized spacial score (nSPS) is 20.4. The van der Waals surface area contributed by atoms with Crippen LogP contribution in [0.15, 0.2) is 24.8 Å². The van der Waals surface area contributed by atoms with Crippen molar-refractivity contribution in [3.05, 3.63) is 24.8 Å². The molecule has 2 aliphatic rings. The lowest BCUT2D eigenvalue weighted by Crippen LogP contribution is -2.41. The Morgan fingerprint density at radius 2 is 1.63 bits per heavy atom. The van der Waals surface area contributed by atoms with E-state index >= 15 is 0 Å². The monoisotopic (exact) mass is 489 g/mol. The maximum Gasteiger partial charge on any atom is 0.498 e. The second-order valence-electron chi connectivity index (χ2n) is 10.5. The fourth-order valence-electron chi connectivity index (χ4n) is 3.73. The molecule has 1 atom stereocenters. The Balaban J connectivity index is 0.000000198. The molecule has 0 radical (unpaired) electrons. The van der Waals surface area contributed by atoms with E-state index in [0.29, 0.717) is 11.4 Å². The van der Waals surface area contributed by atoms with Gasteiger partial charge in [-0.05, 0) is 33.6 Å². The highest BCUT2D eigenvalue weighted by Gasteiger charge is 2.52. The van der Waals surface area contributed by atoms with Gasteiger partial charge in [-0.1, -0.05) is 20.3 Å². The van der Waals surface area contributed by atoms with Gasteiger partial charge in [0, 0.05) is 61.9 Å². The predicted octanol–water partition coefficient (Wildman–Crippen LogP) is 0.124. The Morgan fingerprint density at radius 1 is 1.00 bits per heavy atom. The average molecular weight is 489 g/mol. The first kappa shape index (κ1) is 27.9. The summed E-state index contributed by atoms with van der Waals surface area (Å²) in [5.74, 6) is 0.631. The number of rotatable bonds is 8. The maximum absolute atomic E-state index is 8.93. The van der Waals surface area contributed by atoms with Crippen molar-refractivity contribution >= 4 is 25.2 Å². The van der Waals surface area contributed by atoms with Crippen LogP contribution in [-0.2, 0) is 27.1 Å². The third kappa shape index (κ3) is 7.65. The quantitative estimate of drug-likeness (QED) is 0.504. The number of ether oxygens (including phenoxy) is 1. The van der Waals surface area contributed by atoms with Crippen molar-refractivity contribution in [1.82, 2.24) is 24.5 Å². The summed E-state index contributed by atoms with van der Waals surface area (Å²) < 4.78 is 21.0. The number of aromatic nitrogens is 4. The molecular weight excluding hydrogens is 448 g/mol. The van der Waals surface area contributed by atoms with E-state index in [9.17, 15) is 0 Å². The van der Waals surface area contributed by atoms with Gasteiger partial charge in [-0.15, -0.1) is 0 Å². The first-order valence-corrected chi connectivity index (χ1v) is 12.6. The van der Waals surface area contributed by atoms with E-state index in [1.54, 1.807) is 10.9 Å². The van der Waals surface area contributed by atoms with Crippen LogP contribution in [0.2, 0.25) is 0 Å². The molecule has 0 amide bonds. The summed E-state index contributed by atoms with van der Waals surface area (Å²) in [7, 11) is -1.74. The topological polar surface area (TPSA) is 107 Å². The minimum atomic E-state index is -1.43. The van der Waals surface area contributed by atoms with Gasteiger partial charge in [-0.2, -0.15) is 10.2 Å². The Morgan fingerprint density at radius 3 is 2.20 bits per heavy atom. The van der Waals surface area contributed by atoms with Gasteiger partial charge in [0.25, 0.3) is 0 Å². The highest BCUT2D eigenvalue weighted by atomic mass is 16.7. The second kappa shape index (κ2) is 12.0. The van der Waals surface area contributed by atoms with Crippen molar-refractivity contribution in [3.8, 4) is 0 Å². The van der Waals surface area contributed by atoms with Gasteiger partial charge < -0.3 is 24.1 Å². The van der Waals surface area contributed by atoms with E-state index < -0.39 is 7.12 Å². The molecule has 4 heterocycles. The minimum absolute atomic E-state index is 0.295. The molecule has 0 bridgehead atoms. The second-order valence-corrected chi connectivity index (χ2v) is 10.5. The Hall–Kier alpha value is -1.69. The zero-order valence-electron chi connectivity index (χ0n) is 22.1. The molecule has 4 rings (SSSR count).